The lowest BCUT2D eigenvalue weighted by molar-refractivity contribution is 0.102. The van der Waals surface area contributed by atoms with E-state index in [1.54, 1.807) is 50.7 Å². The molecule has 0 aliphatic rings. The number of halogens is 1. The number of anilines is 1. The first kappa shape index (κ1) is 21.5. The van der Waals surface area contributed by atoms with E-state index in [2.05, 4.69) is 15.3 Å². The summed E-state index contributed by atoms with van der Waals surface area (Å²) in [6, 6.07) is 18.5. The Kier molecular flexibility index (Phi) is 6.14. The lowest BCUT2D eigenvalue weighted by atomic mass is 10.1. The number of H-pyrrole nitrogens is 1. The van der Waals surface area contributed by atoms with E-state index in [1.165, 1.54) is 0 Å². The van der Waals surface area contributed by atoms with Crippen molar-refractivity contribution in [3.05, 3.63) is 83.0 Å². The molecule has 7 heteroatoms. The maximum atomic E-state index is 12.9. The SMILES string of the molecule is COc1cc(C(=O)Nc2ccc(Cl)c(-c3ncc(-c4ccccc4)[nH]3)c2)cc(OC)c1C. The summed E-state index contributed by atoms with van der Waals surface area (Å²) >= 11 is 6.43. The highest BCUT2D eigenvalue weighted by Crippen LogP contribution is 2.32. The number of amides is 1. The van der Waals surface area contributed by atoms with Crippen molar-refractivity contribution in [2.45, 2.75) is 6.92 Å². The molecule has 0 aliphatic carbocycles. The van der Waals surface area contributed by atoms with Crippen LogP contribution in [0.15, 0.2) is 66.9 Å². The Labute approximate surface area is 191 Å². The molecule has 4 rings (SSSR count). The maximum absolute atomic E-state index is 12.9. The molecule has 0 radical (unpaired) electrons. The van der Waals surface area contributed by atoms with E-state index in [0.29, 0.717) is 39.2 Å². The van der Waals surface area contributed by atoms with Crippen LogP contribution in [-0.4, -0.2) is 30.1 Å². The minimum absolute atomic E-state index is 0.292. The quantitative estimate of drug-likeness (QED) is 0.381. The van der Waals surface area contributed by atoms with Crippen molar-refractivity contribution in [3.63, 3.8) is 0 Å². The zero-order valence-corrected chi connectivity index (χ0v) is 18.7. The predicted molar refractivity (Wildman–Crippen MR) is 127 cm³/mol. The van der Waals surface area contributed by atoms with Gasteiger partial charge in [-0.3, -0.25) is 4.79 Å². The van der Waals surface area contributed by atoms with E-state index < -0.39 is 0 Å². The first-order chi connectivity index (χ1) is 15.5. The number of carbonyl (C=O) groups excluding carboxylic acids is 1. The van der Waals surface area contributed by atoms with Gasteiger partial charge >= 0.3 is 0 Å². The van der Waals surface area contributed by atoms with Crippen LogP contribution in [0, 0.1) is 6.92 Å². The topological polar surface area (TPSA) is 76.2 Å². The summed E-state index contributed by atoms with van der Waals surface area (Å²) in [6.45, 7) is 1.87. The van der Waals surface area contributed by atoms with E-state index in [4.69, 9.17) is 21.1 Å². The van der Waals surface area contributed by atoms with Crippen molar-refractivity contribution < 1.29 is 14.3 Å². The zero-order chi connectivity index (χ0) is 22.7. The Hall–Kier alpha value is -3.77. The fourth-order valence-corrected chi connectivity index (χ4v) is 3.63. The van der Waals surface area contributed by atoms with Gasteiger partial charge < -0.3 is 19.8 Å². The van der Waals surface area contributed by atoms with Crippen LogP contribution in [-0.2, 0) is 0 Å². The van der Waals surface area contributed by atoms with Crippen molar-refractivity contribution in [2.75, 3.05) is 19.5 Å². The summed E-state index contributed by atoms with van der Waals surface area (Å²) in [4.78, 5) is 20.7. The average molecular weight is 448 g/mol. The van der Waals surface area contributed by atoms with Crippen LogP contribution in [0.4, 0.5) is 5.69 Å². The van der Waals surface area contributed by atoms with Gasteiger partial charge in [0.05, 0.1) is 31.1 Å². The zero-order valence-electron chi connectivity index (χ0n) is 17.9. The van der Waals surface area contributed by atoms with E-state index in [-0.39, 0.29) is 5.91 Å². The molecule has 162 valence electrons. The molecule has 1 aromatic heterocycles. The third-order valence-corrected chi connectivity index (χ3v) is 5.48. The first-order valence-corrected chi connectivity index (χ1v) is 10.3. The van der Waals surface area contributed by atoms with Crippen molar-refractivity contribution in [2.24, 2.45) is 0 Å². The molecular formula is C25H22ClN3O3. The molecule has 0 atom stereocenters. The molecule has 3 aromatic carbocycles. The van der Waals surface area contributed by atoms with E-state index in [9.17, 15) is 4.79 Å². The third-order valence-electron chi connectivity index (χ3n) is 5.15. The highest BCUT2D eigenvalue weighted by Gasteiger charge is 2.15. The Balaban J connectivity index is 1.61. The monoisotopic (exact) mass is 447 g/mol. The molecule has 1 amide bonds. The van der Waals surface area contributed by atoms with E-state index in [1.807, 2.05) is 37.3 Å². The second kappa shape index (κ2) is 9.16. The number of methoxy groups -OCH3 is 2. The molecule has 2 N–H and O–H groups in total. The van der Waals surface area contributed by atoms with Crippen LogP contribution < -0.4 is 14.8 Å². The molecule has 6 nitrogen and oxygen atoms in total. The summed E-state index contributed by atoms with van der Waals surface area (Å²) in [5, 5.41) is 3.43. The maximum Gasteiger partial charge on any atom is 0.255 e. The minimum Gasteiger partial charge on any atom is -0.496 e. The highest BCUT2D eigenvalue weighted by molar-refractivity contribution is 6.33. The molecule has 4 aromatic rings. The first-order valence-electron chi connectivity index (χ1n) is 9.94. The minimum atomic E-state index is -0.292. The summed E-state index contributed by atoms with van der Waals surface area (Å²) in [6.07, 6.45) is 1.76. The molecule has 0 aliphatic heterocycles. The lowest BCUT2D eigenvalue weighted by Crippen LogP contribution is -2.12. The van der Waals surface area contributed by atoms with Gasteiger partial charge in [-0.05, 0) is 42.8 Å². The van der Waals surface area contributed by atoms with Gasteiger partial charge in [0.15, 0.2) is 0 Å². The normalized spacial score (nSPS) is 10.6. The van der Waals surface area contributed by atoms with Crippen LogP contribution in [0.25, 0.3) is 22.6 Å². The van der Waals surface area contributed by atoms with E-state index >= 15 is 0 Å². The van der Waals surface area contributed by atoms with Crippen molar-refractivity contribution in [3.8, 4) is 34.1 Å². The number of hydrogen-bond donors (Lipinski definition) is 2. The second-order valence-corrected chi connectivity index (χ2v) is 7.57. The van der Waals surface area contributed by atoms with Gasteiger partial charge in [0.25, 0.3) is 5.91 Å². The summed E-state index contributed by atoms with van der Waals surface area (Å²) in [5.74, 6) is 1.48. The molecule has 0 saturated carbocycles. The molecule has 32 heavy (non-hydrogen) atoms. The molecule has 0 unspecified atom stereocenters. The number of aromatic nitrogens is 2. The second-order valence-electron chi connectivity index (χ2n) is 7.17. The van der Waals surface area contributed by atoms with Crippen LogP contribution in [0.2, 0.25) is 5.02 Å². The number of benzene rings is 3. The van der Waals surface area contributed by atoms with Gasteiger partial charge in [-0.15, -0.1) is 0 Å². The molecule has 0 spiro atoms. The fraction of sp³-hybridized carbons (Fsp3) is 0.120. The number of ether oxygens (including phenoxy) is 2. The summed E-state index contributed by atoms with van der Waals surface area (Å²) in [7, 11) is 3.12. The Morgan fingerprint density at radius 1 is 1.00 bits per heavy atom. The largest absolute Gasteiger partial charge is 0.496 e. The number of nitrogens with zero attached hydrogens (tertiary/aromatic N) is 1. The summed E-state index contributed by atoms with van der Waals surface area (Å²) in [5.41, 5.74) is 4.42. The average Bonchev–Trinajstić information content (AvgIpc) is 3.31. The Morgan fingerprint density at radius 3 is 2.34 bits per heavy atom. The van der Waals surface area contributed by atoms with Crippen molar-refractivity contribution >= 4 is 23.2 Å². The van der Waals surface area contributed by atoms with Crippen LogP contribution in [0.1, 0.15) is 15.9 Å². The number of hydrogen-bond acceptors (Lipinski definition) is 4. The lowest BCUT2D eigenvalue weighted by Gasteiger charge is -2.13. The number of carbonyl (C=O) groups is 1. The molecule has 1 heterocycles. The van der Waals surface area contributed by atoms with Gasteiger partial charge in [-0.1, -0.05) is 41.9 Å². The Morgan fingerprint density at radius 2 is 1.69 bits per heavy atom. The molecule has 0 saturated heterocycles. The van der Waals surface area contributed by atoms with Crippen LogP contribution >= 0.6 is 11.6 Å². The molecule has 0 fully saturated rings. The van der Waals surface area contributed by atoms with Gasteiger partial charge in [0.2, 0.25) is 0 Å². The smallest absolute Gasteiger partial charge is 0.255 e. The number of rotatable bonds is 6. The number of imidazole rings is 1. The van der Waals surface area contributed by atoms with Gasteiger partial charge in [-0.2, -0.15) is 0 Å². The highest BCUT2D eigenvalue weighted by atomic mass is 35.5. The molecular weight excluding hydrogens is 426 g/mol. The van der Waals surface area contributed by atoms with Crippen molar-refractivity contribution in [1.82, 2.24) is 9.97 Å². The van der Waals surface area contributed by atoms with Gasteiger partial charge in [-0.25, -0.2) is 4.98 Å². The van der Waals surface area contributed by atoms with Crippen LogP contribution in [0.5, 0.6) is 11.5 Å². The Bertz CT molecular complexity index is 1240. The standard InChI is InChI=1S/C25H22ClN3O3/c1-15-22(31-2)11-17(12-23(15)32-3)25(30)28-18-9-10-20(26)19(13-18)24-27-14-21(29-24)16-7-5-4-6-8-16/h4-14H,1-3H3,(H,27,29)(H,28,30). The summed E-state index contributed by atoms with van der Waals surface area (Å²) < 4.78 is 10.7. The van der Waals surface area contributed by atoms with Crippen molar-refractivity contribution in [1.29, 1.82) is 0 Å². The number of aromatic amines is 1. The van der Waals surface area contributed by atoms with Gasteiger partial charge in [0, 0.05) is 22.4 Å². The van der Waals surface area contributed by atoms with E-state index in [0.717, 1.165) is 16.8 Å². The van der Waals surface area contributed by atoms with Gasteiger partial charge in [0.1, 0.15) is 17.3 Å². The number of nitrogens with one attached hydrogen (secondary N) is 2. The fourth-order valence-electron chi connectivity index (χ4n) is 3.43. The predicted octanol–water partition coefficient (Wildman–Crippen LogP) is 5.98. The van der Waals surface area contributed by atoms with Crippen LogP contribution in [0.3, 0.4) is 0 Å². The molecule has 0 bridgehead atoms. The third kappa shape index (κ3) is 4.31.